The molecule has 134 valence electrons. The third-order valence-electron chi connectivity index (χ3n) is 3.59. The predicted octanol–water partition coefficient (Wildman–Crippen LogP) is 3.80. The second-order valence-corrected chi connectivity index (χ2v) is 5.91. The van der Waals surface area contributed by atoms with Crippen molar-refractivity contribution in [3.63, 3.8) is 0 Å². The standard InChI is InChI=1S/C19H18ClN3O3/c1-25-9-10-26-18-7-5-16(6-8-18)22-19(24)14-12-21-23(13-14)17-4-2-3-15(20)11-17/h2-8,11-13H,9-10H2,1H3,(H,22,24). The minimum atomic E-state index is -0.244. The van der Waals surface area contributed by atoms with Gasteiger partial charge < -0.3 is 14.8 Å². The SMILES string of the molecule is COCCOc1ccc(NC(=O)c2cnn(-c3cccc(Cl)c3)c2)cc1. The zero-order valence-electron chi connectivity index (χ0n) is 14.2. The third-order valence-corrected chi connectivity index (χ3v) is 3.82. The fourth-order valence-corrected chi connectivity index (χ4v) is 2.47. The number of nitrogens with one attached hydrogen (secondary N) is 1. The maximum atomic E-state index is 12.4. The van der Waals surface area contributed by atoms with Crippen molar-refractivity contribution in [1.29, 1.82) is 0 Å². The Labute approximate surface area is 156 Å². The zero-order valence-corrected chi connectivity index (χ0v) is 14.9. The molecule has 0 saturated heterocycles. The average Bonchev–Trinajstić information content (AvgIpc) is 3.14. The summed E-state index contributed by atoms with van der Waals surface area (Å²) in [5, 5.41) is 7.65. The number of halogens is 1. The molecule has 3 aromatic rings. The van der Waals surface area contributed by atoms with Gasteiger partial charge in [0, 0.05) is 24.0 Å². The minimum Gasteiger partial charge on any atom is -0.491 e. The molecule has 1 heterocycles. The molecule has 1 aromatic heterocycles. The predicted molar refractivity (Wildman–Crippen MR) is 100 cm³/mol. The van der Waals surface area contributed by atoms with Gasteiger partial charge in [-0.2, -0.15) is 5.10 Å². The molecule has 0 radical (unpaired) electrons. The van der Waals surface area contributed by atoms with E-state index in [4.69, 9.17) is 21.1 Å². The summed E-state index contributed by atoms with van der Waals surface area (Å²) in [4.78, 5) is 12.4. The Morgan fingerprint density at radius 2 is 2.00 bits per heavy atom. The number of hydrogen-bond acceptors (Lipinski definition) is 4. The second-order valence-electron chi connectivity index (χ2n) is 5.47. The maximum absolute atomic E-state index is 12.4. The molecule has 6 nitrogen and oxygen atoms in total. The number of amides is 1. The Morgan fingerprint density at radius 1 is 1.19 bits per heavy atom. The summed E-state index contributed by atoms with van der Waals surface area (Å²) in [6.07, 6.45) is 3.17. The van der Waals surface area contributed by atoms with Crippen LogP contribution in [0, 0.1) is 0 Å². The lowest BCUT2D eigenvalue weighted by Gasteiger charge is -2.07. The molecule has 0 unspecified atom stereocenters. The molecule has 0 bridgehead atoms. The molecule has 7 heteroatoms. The van der Waals surface area contributed by atoms with Crippen molar-refractivity contribution in [3.05, 3.63) is 71.5 Å². The summed E-state index contributed by atoms with van der Waals surface area (Å²) < 4.78 is 12.0. The van der Waals surface area contributed by atoms with Crippen molar-refractivity contribution in [3.8, 4) is 11.4 Å². The average molecular weight is 372 g/mol. The van der Waals surface area contributed by atoms with Crippen LogP contribution in [0.4, 0.5) is 5.69 Å². The Balaban J connectivity index is 1.63. The van der Waals surface area contributed by atoms with Crippen molar-refractivity contribution < 1.29 is 14.3 Å². The molecule has 0 aliphatic rings. The van der Waals surface area contributed by atoms with E-state index in [-0.39, 0.29) is 5.91 Å². The number of nitrogens with zero attached hydrogens (tertiary/aromatic N) is 2. The van der Waals surface area contributed by atoms with Gasteiger partial charge in [0.25, 0.3) is 5.91 Å². The number of benzene rings is 2. The van der Waals surface area contributed by atoms with Gasteiger partial charge in [0.2, 0.25) is 0 Å². The first-order valence-electron chi connectivity index (χ1n) is 7.99. The van der Waals surface area contributed by atoms with Gasteiger partial charge in [-0.3, -0.25) is 4.79 Å². The van der Waals surface area contributed by atoms with E-state index in [9.17, 15) is 4.79 Å². The van der Waals surface area contributed by atoms with Gasteiger partial charge in [-0.1, -0.05) is 17.7 Å². The summed E-state index contributed by atoms with van der Waals surface area (Å²) >= 11 is 5.99. The topological polar surface area (TPSA) is 65.4 Å². The molecule has 1 amide bonds. The summed E-state index contributed by atoms with van der Waals surface area (Å²) in [6, 6.07) is 14.4. The van der Waals surface area contributed by atoms with Crippen LogP contribution in [0.15, 0.2) is 60.9 Å². The van der Waals surface area contributed by atoms with Crippen LogP contribution < -0.4 is 10.1 Å². The summed E-state index contributed by atoms with van der Waals surface area (Å²) in [5.41, 5.74) is 1.91. The molecule has 0 saturated carbocycles. The Kier molecular flexibility index (Phi) is 5.88. The molecule has 3 rings (SSSR count). The van der Waals surface area contributed by atoms with E-state index in [1.54, 1.807) is 54.4 Å². The Bertz CT molecular complexity index is 878. The van der Waals surface area contributed by atoms with E-state index in [1.165, 1.54) is 6.20 Å². The lowest BCUT2D eigenvalue weighted by Crippen LogP contribution is -2.11. The van der Waals surface area contributed by atoms with Gasteiger partial charge >= 0.3 is 0 Å². The van der Waals surface area contributed by atoms with E-state index in [0.29, 0.717) is 35.2 Å². The highest BCUT2D eigenvalue weighted by molar-refractivity contribution is 6.30. The summed E-state index contributed by atoms with van der Waals surface area (Å²) in [5.74, 6) is 0.472. The van der Waals surface area contributed by atoms with Crippen LogP contribution >= 0.6 is 11.6 Å². The Hall–Kier alpha value is -2.83. The number of rotatable bonds is 7. The monoisotopic (exact) mass is 371 g/mol. The lowest BCUT2D eigenvalue weighted by atomic mass is 10.2. The number of ether oxygens (including phenoxy) is 2. The zero-order chi connectivity index (χ0) is 18.4. The van der Waals surface area contributed by atoms with Crippen molar-refractivity contribution >= 4 is 23.2 Å². The number of hydrogen-bond donors (Lipinski definition) is 1. The van der Waals surface area contributed by atoms with Crippen LogP contribution in [0.2, 0.25) is 5.02 Å². The molecule has 0 aliphatic carbocycles. The second kappa shape index (κ2) is 8.51. The first-order chi connectivity index (χ1) is 12.7. The number of anilines is 1. The van der Waals surface area contributed by atoms with Crippen molar-refractivity contribution in [2.24, 2.45) is 0 Å². The smallest absolute Gasteiger partial charge is 0.258 e. The van der Waals surface area contributed by atoms with E-state index in [0.717, 1.165) is 5.69 Å². The lowest BCUT2D eigenvalue weighted by molar-refractivity contribution is 0.102. The largest absolute Gasteiger partial charge is 0.491 e. The number of carbonyl (C=O) groups excluding carboxylic acids is 1. The van der Waals surface area contributed by atoms with E-state index >= 15 is 0 Å². The van der Waals surface area contributed by atoms with E-state index in [2.05, 4.69) is 10.4 Å². The molecular formula is C19H18ClN3O3. The van der Waals surface area contributed by atoms with Gasteiger partial charge in [-0.05, 0) is 42.5 Å². The summed E-state index contributed by atoms with van der Waals surface area (Å²) in [6.45, 7) is 1.000. The van der Waals surface area contributed by atoms with E-state index < -0.39 is 0 Å². The third kappa shape index (κ3) is 4.62. The molecule has 0 spiro atoms. The van der Waals surface area contributed by atoms with Crippen LogP contribution in [0.25, 0.3) is 5.69 Å². The fourth-order valence-electron chi connectivity index (χ4n) is 2.28. The first kappa shape index (κ1) is 18.0. The molecule has 0 aliphatic heterocycles. The Morgan fingerprint density at radius 3 is 2.73 bits per heavy atom. The molecule has 0 fully saturated rings. The van der Waals surface area contributed by atoms with Crippen LogP contribution in [0.1, 0.15) is 10.4 Å². The van der Waals surface area contributed by atoms with Crippen LogP contribution in [0.3, 0.4) is 0 Å². The maximum Gasteiger partial charge on any atom is 0.258 e. The summed E-state index contributed by atoms with van der Waals surface area (Å²) in [7, 11) is 1.62. The normalized spacial score (nSPS) is 10.5. The van der Waals surface area contributed by atoms with Gasteiger partial charge in [-0.25, -0.2) is 4.68 Å². The highest BCUT2D eigenvalue weighted by Gasteiger charge is 2.10. The van der Waals surface area contributed by atoms with Crippen molar-refractivity contribution in [2.45, 2.75) is 0 Å². The van der Waals surface area contributed by atoms with E-state index in [1.807, 2.05) is 12.1 Å². The highest BCUT2D eigenvalue weighted by Crippen LogP contribution is 2.18. The number of aromatic nitrogens is 2. The highest BCUT2D eigenvalue weighted by atomic mass is 35.5. The molecular weight excluding hydrogens is 354 g/mol. The van der Waals surface area contributed by atoms with Crippen LogP contribution in [0.5, 0.6) is 5.75 Å². The number of carbonyl (C=O) groups is 1. The van der Waals surface area contributed by atoms with Crippen LogP contribution in [-0.2, 0) is 4.74 Å². The molecule has 0 atom stereocenters. The van der Waals surface area contributed by atoms with Gasteiger partial charge in [0.15, 0.2) is 0 Å². The van der Waals surface area contributed by atoms with Crippen LogP contribution in [-0.4, -0.2) is 36.0 Å². The van der Waals surface area contributed by atoms with Gasteiger partial charge in [-0.15, -0.1) is 0 Å². The first-order valence-corrected chi connectivity index (χ1v) is 8.37. The fraction of sp³-hybridized carbons (Fsp3) is 0.158. The quantitative estimate of drug-likeness (QED) is 0.641. The number of methoxy groups -OCH3 is 1. The van der Waals surface area contributed by atoms with Gasteiger partial charge in [0.1, 0.15) is 12.4 Å². The molecule has 2 aromatic carbocycles. The van der Waals surface area contributed by atoms with Crippen molar-refractivity contribution in [2.75, 3.05) is 25.6 Å². The minimum absolute atomic E-state index is 0.244. The van der Waals surface area contributed by atoms with Crippen molar-refractivity contribution in [1.82, 2.24) is 9.78 Å². The molecule has 26 heavy (non-hydrogen) atoms. The van der Waals surface area contributed by atoms with Gasteiger partial charge in [0.05, 0.1) is 24.1 Å². The molecule has 1 N–H and O–H groups in total.